The Kier molecular flexibility index (Phi) is 11.2. The van der Waals surface area contributed by atoms with Gasteiger partial charge in [0.05, 0.1) is 5.69 Å². The molecule has 0 aliphatic heterocycles. The Morgan fingerprint density at radius 3 is 2.03 bits per heavy atom. The Bertz CT molecular complexity index is 749. The first-order valence-electron chi connectivity index (χ1n) is 11.7. The number of carbonyl (C=O) groups is 1. The number of rotatable bonds is 15. The van der Waals surface area contributed by atoms with Crippen LogP contribution in [0.1, 0.15) is 89.5 Å². The van der Waals surface area contributed by atoms with Crippen molar-refractivity contribution >= 4 is 22.4 Å². The summed E-state index contributed by atoms with van der Waals surface area (Å²) in [5.74, 6) is -0.141. The quantitative estimate of drug-likeness (QED) is 0.240. The lowest BCUT2D eigenvalue weighted by Gasteiger charge is -2.13. The number of hydrogen-bond donors (Lipinski definition) is 1. The van der Waals surface area contributed by atoms with Gasteiger partial charge in [0.2, 0.25) is 5.91 Å². The minimum Gasteiger partial charge on any atom is -0.322 e. The van der Waals surface area contributed by atoms with Crippen molar-refractivity contribution < 1.29 is 4.79 Å². The van der Waals surface area contributed by atoms with Gasteiger partial charge in [-0.15, -0.1) is 0 Å². The number of amides is 1. The standard InChI is InChI=1S/C27H39NO/c1-3-5-6-7-8-9-10-11-12-13-14-15-19-24-22-21-23-18-16-17-20-25(23)27(24)28-26(29)4-2/h4,16-18,20-22H,2-3,5-15,19H2,1H3,(H,28,29). The van der Waals surface area contributed by atoms with Gasteiger partial charge < -0.3 is 5.32 Å². The van der Waals surface area contributed by atoms with E-state index < -0.39 is 0 Å². The molecule has 2 rings (SSSR count). The Morgan fingerprint density at radius 1 is 0.828 bits per heavy atom. The van der Waals surface area contributed by atoms with Crippen molar-refractivity contribution in [1.82, 2.24) is 0 Å². The molecule has 0 aliphatic carbocycles. The number of aryl methyl sites for hydroxylation is 1. The fourth-order valence-corrected chi connectivity index (χ4v) is 4.00. The van der Waals surface area contributed by atoms with Gasteiger partial charge in [-0.25, -0.2) is 0 Å². The predicted molar refractivity (Wildman–Crippen MR) is 128 cm³/mol. The molecule has 2 aromatic carbocycles. The van der Waals surface area contributed by atoms with Crippen LogP contribution in [0.4, 0.5) is 5.69 Å². The molecular formula is C27H39NO. The highest BCUT2D eigenvalue weighted by atomic mass is 16.1. The number of carbonyl (C=O) groups excluding carboxylic acids is 1. The average Bonchev–Trinajstić information content (AvgIpc) is 2.75. The summed E-state index contributed by atoms with van der Waals surface area (Å²) in [5.41, 5.74) is 2.18. The maximum Gasteiger partial charge on any atom is 0.247 e. The van der Waals surface area contributed by atoms with Gasteiger partial charge in [0.15, 0.2) is 0 Å². The molecule has 0 saturated heterocycles. The van der Waals surface area contributed by atoms with E-state index in [-0.39, 0.29) is 5.91 Å². The highest BCUT2D eigenvalue weighted by Gasteiger charge is 2.09. The molecule has 1 amide bonds. The second-order valence-electron chi connectivity index (χ2n) is 8.15. The third-order valence-corrected chi connectivity index (χ3v) is 5.75. The Morgan fingerprint density at radius 2 is 1.41 bits per heavy atom. The Balaban J connectivity index is 1.71. The lowest BCUT2D eigenvalue weighted by atomic mass is 9.98. The van der Waals surface area contributed by atoms with E-state index in [0.29, 0.717) is 0 Å². The second kappa shape index (κ2) is 14.0. The maximum absolute atomic E-state index is 11.9. The number of fused-ring (bicyclic) bond motifs is 1. The van der Waals surface area contributed by atoms with Crippen LogP contribution >= 0.6 is 0 Å². The summed E-state index contributed by atoms with van der Waals surface area (Å²) in [6.07, 6.45) is 18.6. The predicted octanol–water partition coefficient (Wildman–Crippen LogP) is 8.21. The molecule has 1 N–H and O–H groups in total. The van der Waals surface area contributed by atoms with Crippen molar-refractivity contribution in [2.24, 2.45) is 0 Å². The number of hydrogen-bond acceptors (Lipinski definition) is 1. The van der Waals surface area contributed by atoms with E-state index >= 15 is 0 Å². The average molecular weight is 394 g/mol. The maximum atomic E-state index is 11.9. The van der Waals surface area contributed by atoms with Gasteiger partial charge in [-0.2, -0.15) is 0 Å². The van der Waals surface area contributed by atoms with Crippen molar-refractivity contribution in [2.75, 3.05) is 5.32 Å². The Hall–Kier alpha value is -2.09. The lowest BCUT2D eigenvalue weighted by Crippen LogP contribution is -2.10. The monoisotopic (exact) mass is 393 g/mol. The molecule has 0 saturated carbocycles. The molecule has 2 nitrogen and oxygen atoms in total. The molecule has 0 aliphatic rings. The number of nitrogens with one attached hydrogen (secondary N) is 1. The molecular weight excluding hydrogens is 354 g/mol. The minimum absolute atomic E-state index is 0.141. The van der Waals surface area contributed by atoms with Gasteiger partial charge in [-0.1, -0.05) is 121 Å². The first-order chi connectivity index (χ1) is 14.3. The van der Waals surface area contributed by atoms with E-state index in [0.717, 1.165) is 22.9 Å². The highest BCUT2D eigenvalue weighted by Crippen LogP contribution is 2.29. The van der Waals surface area contributed by atoms with Crippen molar-refractivity contribution in [3.63, 3.8) is 0 Å². The van der Waals surface area contributed by atoms with Gasteiger partial charge in [0, 0.05) is 5.39 Å². The van der Waals surface area contributed by atoms with E-state index in [1.54, 1.807) is 0 Å². The first kappa shape index (κ1) is 23.2. The van der Waals surface area contributed by atoms with Crippen LogP contribution in [0.2, 0.25) is 0 Å². The van der Waals surface area contributed by atoms with E-state index in [2.05, 4.69) is 43.1 Å². The van der Waals surface area contributed by atoms with Crippen LogP contribution in [0.25, 0.3) is 10.8 Å². The molecule has 158 valence electrons. The SMILES string of the molecule is C=CC(=O)Nc1c(CCCCCCCCCCCCCC)ccc2ccccc12. The van der Waals surface area contributed by atoms with Gasteiger partial charge in [-0.3, -0.25) is 4.79 Å². The van der Waals surface area contributed by atoms with Crippen molar-refractivity contribution in [3.8, 4) is 0 Å². The lowest BCUT2D eigenvalue weighted by molar-refractivity contribution is -0.111. The van der Waals surface area contributed by atoms with Crippen LogP contribution in [0.15, 0.2) is 49.1 Å². The zero-order valence-electron chi connectivity index (χ0n) is 18.3. The highest BCUT2D eigenvalue weighted by molar-refractivity contribution is 6.06. The fraction of sp³-hybridized carbons (Fsp3) is 0.519. The largest absolute Gasteiger partial charge is 0.322 e. The van der Waals surface area contributed by atoms with Crippen molar-refractivity contribution in [2.45, 2.75) is 90.4 Å². The summed E-state index contributed by atoms with van der Waals surface area (Å²) in [5, 5.41) is 5.31. The summed E-state index contributed by atoms with van der Waals surface area (Å²) in [4.78, 5) is 11.9. The summed E-state index contributed by atoms with van der Waals surface area (Å²) >= 11 is 0. The van der Waals surface area contributed by atoms with Gasteiger partial charge in [0.1, 0.15) is 0 Å². The van der Waals surface area contributed by atoms with Crippen LogP contribution < -0.4 is 5.32 Å². The molecule has 0 unspecified atom stereocenters. The molecule has 0 heterocycles. The summed E-state index contributed by atoms with van der Waals surface area (Å²) < 4.78 is 0. The third kappa shape index (κ3) is 8.43. The second-order valence-corrected chi connectivity index (χ2v) is 8.15. The van der Waals surface area contributed by atoms with Gasteiger partial charge in [-0.05, 0) is 29.9 Å². The third-order valence-electron chi connectivity index (χ3n) is 5.75. The van der Waals surface area contributed by atoms with Crippen LogP contribution in [-0.2, 0) is 11.2 Å². The molecule has 29 heavy (non-hydrogen) atoms. The van der Waals surface area contributed by atoms with E-state index in [4.69, 9.17) is 0 Å². The number of anilines is 1. The zero-order valence-corrected chi connectivity index (χ0v) is 18.3. The smallest absolute Gasteiger partial charge is 0.247 e. The topological polar surface area (TPSA) is 29.1 Å². The first-order valence-corrected chi connectivity index (χ1v) is 11.7. The fourth-order valence-electron chi connectivity index (χ4n) is 4.00. The molecule has 0 fully saturated rings. The molecule has 0 radical (unpaired) electrons. The van der Waals surface area contributed by atoms with Gasteiger partial charge >= 0.3 is 0 Å². The molecule has 0 aromatic heterocycles. The van der Waals surface area contributed by atoms with Crippen molar-refractivity contribution in [3.05, 3.63) is 54.6 Å². The van der Waals surface area contributed by atoms with Crippen LogP contribution in [0.5, 0.6) is 0 Å². The van der Waals surface area contributed by atoms with Crippen LogP contribution in [0.3, 0.4) is 0 Å². The minimum atomic E-state index is -0.141. The van der Waals surface area contributed by atoms with Gasteiger partial charge in [0.25, 0.3) is 0 Å². The molecule has 2 aromatic rings. The zero-order chi connectivity index (χ0) is 20.7. The summed E-state index contributed by atoms with van der Waals surface area (Å²) in [6.45, 7) is 5.87. The van der Waals surface area contributed by atoms with E-state index in [1.807, 2.05) is 12.1 Å². The summed E-state index contributed by atoms with van der Waals surface area (Å²) in [7, 11) is 0. The molecule has 0 spiro atoms. The van der Waals surface area contributed by atoms with Crippen LogP contribution in [0, 0.1) is 0 Å². The number of benzene rings is 2. The van der Waals surface area contributed by atoms with Crippen LogP contribution in [-0.4, -0.2) is 5.91 Å². The normalized spacial score (nSPS) is 10.9. The molecule has 0 bridgehead atoms. The molecule has 0 atom stereocenters. The van der Waals surface area contributed by atoms with E-state index in [1.165, 1.54) is 88.7 Å². The van der Waals surface area contributed by atoms with E-state index in [9.17, 15) is 4.79 Å². The van der Waals surface area contributed by atoms with Crippen molar-refractivity contribution in [1.29, 1.82) is 0 Å². The Labute approximate surface area is 177 Å². The number of unbranched alkanes of at least 4 members (excludes halogenated alkanes) is 11. The summed E-state index contributed by atoms with van der Waals surface area (Å²) in [6, 6.07) is 12.6. The molecule has 2 heteroatoms.